The van der Waals surface area contributed by atoms with Crippen LogP contribution in [0.5, 0.6) is 0 Å². The first-order valence-electron chi connectivity index (χ1n) is 7.35. The molecular weight excluding hydrogens is 276 g/mol. The molecule has 0 saturated carbocycles. The molecule has 1 aliphatic rings. The summed E-state index contributed by atoms with van der Waals surface area (Å²) in [5, 5.41) is 12.4. The molecule has 4 heteroatoms. The minimum absolute atomic E-state index is 0.365. The molecule has 2 rings (SSSR count). The number of carboxylic acids is 1. The summed E-state index contributed by atoms with van der Waals surface area (Å²) in [5.41, 5.74) is 2.50. The van der Waals surface area contributed by atoms with E-state index in [1.807, 2.05) is 57.2 Å². The number of aliphatic imine (C=N–C) groups is 1. The quantitative estimate of drug-likeness (QED) is 0.884. The van der Waals surface area contributed by atoms with Crippen molar-refractivity contribution in [3.63, 3.8) is 0 Å². The third-order valence-corrected chi connectivity index (χ3v) is 3.46. The Morgan fingerprint density at radius 2 is 2.00 bits per heavy atom. The van der Waals surface area contributed by atoms with Gasteiger partial charge in [0.15, 0.2) is 0 Å². The summed E-state index contributed by atoms with van der Waals surface area (Å²) in [4.78, 5) is 15.7. The fourth-order valence-electron chi connectivity index (χ4n) is 2.22. The molecule has 4 nitrogen and oxygen atoms in total. The molecule has 0 radical (unpaired) electrons. The number of nitrogens with one attached hydrogen (secondary N) is 1. The number of nitrogens with zero attached hydrogens (tertiary/aromatic N) is 1. The lowest BCUT2D eigenvalue weighted by molar-refractivity contribution is -0.140. The summed E-state index contributed by atoms with van der Waals surface area (Å²) in [6.45, 7) is 5.73. The second-order valence-corrected chi connectivity index (χ2v) is 6.45. The van der Waals surface area contributed by atoms with Gasteiger partial charge in [-0.25, -0.2) is 4.79 Å². The van der Waals surface area contributed by atoms with E-state index in [0.29, 0.717) is 0 Å². The van der Waals surface area contributed by atoms with Crippen molar-refractivity contribution in [1.29, 1.82) is 0 Å². The molecule has 22 heavy (non-hydrogen) atoms. The monoisotopic (exact) mass is 298 g/mol. The molecule has 1 aliphatic heterocycles. The molecule has 116 valence electrons. The van der Waals surface area contributed by atoms with Crippen LogP contribution in [0.15, 0.2) is 47.1 Å². The van der Waals surface area contributed by atoms with Crippen molar-refractivity contribution in [1.82, 2.24) is 0 Å². The molecule has 1 atom stereocenters. The lowest BCUT2D eigenvalue weighted by Crippen LogP contribution is -2.41. The Morgan fingerprint density at radius 1 is 1.32 bits per heavy atom. The highest BCUT2D eigenvalue weighted by atomic mass is 16.4. The van der Waals surface area contributed by atoms with E-state index in [4.69, 9.17) is 0 Å². The number of rotatable bonds is 4. The SMILES string of the molecule is CC(C)(C)C(Nc1ccc(C=C2CC=CC=N2)cc1)C(=O)O. The van der Waals surface area contributed by atoms with Crippen molar-refractivity contribution in [2.75, 3.05) is 5.32 Å². The van der Waals surface area contributed by atoms with Gasteiger partial charge in [-0.05, 0) is 35.3 Å². The number of benzene rings is 1. The lowest BCUT2D eigenvalue weighted by Gasteiger charge is -2.28. The van der Waals surface area contributed by atoms with Crippen molar-refractivity contribution in [2.45, 2.75) is 33.2 Å². The summed E-state index contributed by atoms with van der Waals surface area (Å²) in [7, 11) is 0. The van der Waals surface area contributed by atoms with E-state index >= 15 is 0 Å². The molecular formula is C18H22N2O2. The van der Waals surface area contributed by atoms with E-state index < -0.39 is 12.0 Å². The van der Waals surface area contributed by atoms with Crippen LogP contribution in [0.3, 0.4) is 0 Å². The highest BCUT2D eigenvalue weighted by molar-refractivity contribution is 5.78. The number of dihydropyridines is 1. The normalized spacial score (nSPS) is 17.5. The Bertz CT molecular complexity index is 619. The molecule has 0 aliphatic carbocycles. The maximum Gasteiger partial charge on any atom is 0.326 e. The third kappa shape index (κ3) is 4.32. The van der Waals surface area contributed by atoms with E-state index in [2.05, 4.69) is 16.4 Å². The van der Waals surface area contributed by atoms with Crippen molar-refractivity contribution < 1.29 is 9.90 Å². The fourth-order valence-corrected chi connectivity index (χ4v) is 2.22. The molecule has 0 fully saturated rings. The zero-order chi connectivity index (χ0) is 16.2. The predicted octanol–water partition coefficient (Wildman–Crippen LogP) is 3.97. The first-order chi connectivity index (χ1) is 10.4. The van der Waals surface area contributed by atoms with Gasteiger partial charge in [-0.1, -0.05) is 39.0 Å². The number of carbonyl (C=O) groups is 1. The van der Waals surface area contributed by atoms with Gasteiger partial charge in [-0.2, -0.15) is 0 Å². The van der Waals surface area contributed by atoms with Crippen LogP contribution < -0.4 is 5.32 Å². The minimum Gasteiger partial charge on any atom is -0.480 e. The Morgan fingerprint density at radius 3 is 2.50 bits per heavy atom. The van der Waals surface area contributed by atoms with E-state index in [9.17, 15) is 9.90 Å². The Balaban J connectivity index is 2.10. The topological polar surface area (TPSA) is 61.7 Å². The molecule has 0 aromatic heterocycles. The van der Waals surface area contributed by atoms with Gasteiger partial charge in [-0.3, -0.25) is 4.99 Å². The second kappa shape index (κ2) is 6.60. The van der Waals surface area contributed by atoms with Crippen molar-refractivity contribution in [3.05, 3.63) is 47.7 Å². The molecule has 0 saturated heterocycles. The number of aliphatic carboxylic acids is 1. The van der Waals surface area contributed by atoms with Crippen LogP contribution in [-0.4, -0.2) is 23.3 Å². The van der Waals surface area contributed by atoms with E-state index in [1.54, 1.807) is 6.21 Å². The maximum absolute atomic E-state index is 11.4. The van der Waals surface area contributed by atoms with Gasteiger partial charge in [0.2, 0.25) is 0 Å². The van der Waals surface area contributed by atoms with E-state index in [0.717, 1.165) is 23.4 Å². The maximum atomic E-state index is 11.4. The highest BCUT2D eigenvalue weighted by Gasteiger charge is 2.30. The van der Waals surface area contributed by atoms with Gasteiger partial charge in [-0.15, -0.1) is 0 Å². The molecule has 2 N–H and O–H groups in total. The summed E-state index contributed by atoms with van der Waals surface area (Å²) in [5.74, 6) is -0.845. The fraction of sp³-hybridized carbons (Fsp3) is 0.333. The van der Waals surface area contributed by atoms with Gasteiger partial charge in [0.25, 0.3) is 0 Å². The number of hydrogen-bond acceptors (Lipinski definition) is 3. The Hall–Kier alpha value is -2.36. The van der Waals surface area contributed by atoms with E-state index in [-0.39, 0.29) is 5.41 Å². The standard InChI is InChI=1S/C18H22N2O2/c1-18(2,3)16(17(21)22)20-14-9-7-13(8-10-14)12-15-6-4-5-11-19-15/h4-5,7-12,16,20H,6H2,1-3H3,(H,21,22). The molecule has 1 aromatic rings. The lowest BCUT2D eigenvalue weighted by atomic mass is 9.86. The number of carboxylic acid groups (broad SMARTS) is 1. The van der Waals surface area contributed by atoms with Crippen LogP contribution in [-0.2, 0) is 4.79 Å². The molecule has 0 spiro atoms. The van der Waals surface area contributed by atoms with Gasteiger partial charge in [0, 0.05) is 24.0 Å². The summed E-state index contributed by atoms with van der Waals surface area (Å²) < 4.78 is 0. The smallest absolute Gasteiger partial charge is 0.326 e. The zero-order valence-corrected chi connectivity index (χ0v) is 13.2. The average molecular weight is 298 g/mol. The second-order valence-electron chi connectivity index (χ2n) is 6.45. The molecule has 1 aromatic carbocycles. The average Bonchev–Trinajstić information content (AvgIpc) is 2.46. The molecule has 1 heterocycles. The predicted molar refractivity (Wildman–Crippen MR) is 91.2 cm³/mol. The first kappa shape index (κ1) is 16.0. The summed E-state index contributed by atoms with van der Waals surface area (Å²) in [6, 6.07) is 7.09. The largest absolute Gasteiger partial charge is 0.480 e. The van der Waals surface area contributed by atoms with Crippen LogP contribution >= 0.6 is 0 Å². The van der Waals surface area contributed by atoms with E-state index in [1.165, 1.54) is 0 Å². The molecule has 1 unspecified atom stereocenters. The summed E-state index contributed by atoms with van der Waals surface area (Å²) in [6.07, 6.45) is 8.65. The minimum atomic E-state index is -0.845. The number of anilines is 1. The van der Waals surface area contributed by atoms with Crippen LogP contribution in [0.2, 0.25) is 0 Å². The molecule has 0 bridgehead atoms. The van der Waals surface area contributed by atoms with Crippen LogP contribution in [0.25, 0.3) is 6.08 Å². The van der Waals surface area contributed by atoms with Crippen LogP contribution in [0, 0.1) is 5.41 Å². The third-order valence-electron chi connectivity index (χ3n) is 3.46. The Kier molecular flexibility index (Phi) is 4.81. The molecule has 0 amide bonds. The van der Waals surface area contributed by atoms with Crippen molar-refractivity contribution in [2.24, 2.45) is 10.4 Å². The van der Waals surface area contributed by atoms with Gasteiger partial charge in [0.1, 0.15) is 6.04 Å². The van der Waals surface area contributed by atoms with Gasteiger partial charge in [0.05, 0.1) is 0 Å². The first-order valence-corrected chi connectivity index (χ1v) is 7.35. The number of allylic oxidation sites excluding steroid dienone is 2. The van der Waals surface area contributed by atoms with Crippen molar-refractivity contribution in [3.8, 4) is 0 Å². The van der Waals surface area contributed by atoms with Crippen LogP contribution in [0.4, 0.5) is 5.69 Å². The van der Waals surface area contributed by atoms with Gasteiger partial charge < -0.3 is 10.4 Å². The summed E-state index contributed by atoms with van der Waals surface area (Å²) >= 11 is 0. The highest BCUT2D eigenvalue weighted by Crippen LogP contribution is 2.24. The number of hydrogen-bond donors (Lipinski definition) is 2. The van der Waals surface area contributed by atoms with Crippen molar-refractivity contribution >= 4 is 23.9 Å². The Labute approximate surface area is 131 Å². The van der Waals surface area contributed by atoms with Crippen LogP contribution in [0.1, 0.15) is 32.8 Å². The zero-order valence-electron chi connectivity index (χ0n) is 13.2. The van der Waals surface area contributed by atoms with Gasteiger partial charge >= 0.3 is 5.97 Å².